The summed E-state index contributed by atoms with van der Waals surface area (Å²) >= 11 is 0. The predicted molar refractivity (Wildman–Crippen MR) is 60.2 cm³/mol. The second-order valence-electron chi connectivity index (χ2n) is 3.64. The van der Waals surface area contributed by atoms with Crippen molar-refractivity contribution in [1.82, 2.24) is 10.6 Å². The standard InChI is InChI=1S/C9H19N3O6/c10-7(8(17)11-1-5(15)3-13)9(18)12-2-6(16)4-14/h5-7,13-16H,1-4,10H2,(H,11,17)(H,12,18). The molecular weight excluding hydrogens is 246 g/mol. The molecule has 106 valence electrons. The molecule has 2 unspecified atom stereocenters. The monoisotopic (exact) mass is 265 g/mol. The lowest BCUT2D eigenvalue weighted by atomic mass is 10.2. The lowest BCUT2D eigenvalue weighted by Gasteiger charge is -2.15. The minimum Gasteiger partial charge on any atom is -0.394 e. The van der Waals surface area contributed by atoms with Gasteiger partial charge in [-0.05, 0) is 0 Å². The molecule has 0 rings (SSSR count). The Morgan fingerprint density at radius 3 is 1.56 bits per heavy atom. The fourth-order valence-electron chi connectivity index (χ4n) is 0.905. The molecule has 0 heterocycles. The maximum Gasteiger partial charge on any atom is 0.246 e. The van der Waals surface area contributed by atoms with Gasteiger partial charge >= 0.3 is 0 Å². The zero-order chi connectivity index (χ0) is 14.1. The first kappa shape index (κ1) is 16.7. The third-order valence-corrected chi connectivity index (χ3v) is 2.01. The number of carbonyl (C=O) groups is 2. The van der Waals surface area contributed by atoms with Crippen LogP contribution in [0.2, 0.25) is 0 Å². The number of rotatable bonds is 8. The number of hydrogen-bond donors (Lipinski definition) is 7. The highest BCUT2D eigenvalue weighted by molar-refractivity contribution is 6.04. The third kappa shape index (κ3) is 6.47. The van der Waals surface area contributed by atoms with Crippen LogP contribution in [0.1, 0.15) is 0 Å². The summed E-state index contributed by atoms with van der Waals surface area (Å²) in [6, 6.07) is -1.50. The number of nitrogens with two attached hydrogens (primary N) is 1. The van der Waals surface area contributed by atoms with Gasteiger partial charge in [0, 0.05) is 13.1 Å². The van der Waals surface area contributed by atoms with Crippen LogP contribution >= 0.6 is 0 Å². The number of hydrogen-bond acceptors (Lipinski definition) is 7. The summed E-state index contributed by atoms with van der Waals surface area (Å²) in [6.07, 6.45) is -2.25. The minimum atomic E-state index is -1.50. The fourth-order valence-corrected chi connectivity index (χ4v) is 0.905. The fraction of sp³-hybridized carbons (Fsp3) is 0.778. The van der Waals surface area contributed by atoms with E-state index < -0.39 is 43.3 Å². The van der Waals surface area contributed by atoms with E-state index in [0.29, 0.717) is 0 Å². The Hall–Kier alpha value is -1.26. The molecule has 0 radical (unpaired) electrons. The molecule has 8 N–H and O–H groups in total. The molecule has 9 nitrogen and oxygen atoms in total. The van der Waals surface area contributed by atoms with Crippen LogP contribution in [-0.4, -0.2) is 76.8 Å². The smallest absolute Gasteiger partial charge is 0.246 e. The minimum absolute atomic E-state index is 0.227. The van der Waals surface area contributed by atoms with Gasteiger partial charge in [-0.3, -0.25) is 9.59 Å². The SMILES string of the molecule is NC(C(=O)NCC(O)CO)C(=O)NCC(O)CO. The Morgan fingerprint density at radius 1 is 0.944 bits per heavy atom. The largest absolute Gasteiger partial charge is 0.394 e. The molecule has 18 heavy (non-hydrogen) atoms. The van der Waals surface area contributed by atoms with Gasteiger partial charge in [0.15, 0.2) is 6.04 Å². The van der Waals surface area contributed by atoms with Crippen molar-refractivity contribution in [3.8, 4) is 0 Å². The number of aliphatic hydroxyl groups excluding tert-OH is 4. The van der Waals surface area contributed by atoms with Gasteiger partial charge in [-0.2, -0.15) is 0 Å². The van der Waals surface area contributed by atoms with Crippen LogP contribution in [0.25, 0.3) is 0 Å². The van der Waals surface area contributed by atoms with Crippen LogP contribution < -0.4 is 16.4 Å². The van der Waals surface area contributed by atoms with Crippen molar-refractivity contribution in [2.45, 2.75) is 18.2 Å². The van der Waals surface area contributed by atoms with Crippen molar-refractivity contribution in [1.29, 1.82) is 0 Å². The van der Waals surface area contributed by atoms with Crippen molar-refractivity contribution in [2.24, 2.45) is 5.73 Å². The highest BCUT2D eigenvalue weighted by Gasteiger charge is 2.22. The maximum absolute atomic E-state index is 11.3. The van der Waals surface area contributed by atoms with E-state index in [-0.39, 0.29) is 13.1 Å². The van der Waals surface area contributed by atoms with Crippen LogP contribution in [0.3, 0.4) is 0 Å². The van der Waals surface area contributed by atoms with E-state index >= 15 is 0 Å². The van der Waals surface area contributed by atoms with Crippen molar-refractivity contribution in [2.75, 3.05) is 26.3 Å². The highest BCUT2D eigenvalue weighted by Crippen LogP contribution is 1.84. The summed E-state index contributed by atoms with van der Waals surface area (Å²) in [4.78, 5) is 22.6. The van der Waals surface area contributed by atoms with Gasteiger partial charge in [-0.1, -0.05) is 0 Å². The molecule has 0 aliphatic heterocycles. The second kappa shape index (κ2) is 8.78. The maximum atomic E-state index is 11.3. The molecule has 0 bridgehead atoms. The van der Waals surface area contributed by atoms with Crippen molar-refractivity contribution < 1.29 is 30.0 Å². The average molecular weight is 265 g/mol. The number of amides is 2. The summed E-state index contributed by atoms with van der Waals surface area (Å²) in [7, 11) is 0. The summed E-state index contributed by atoms with van der Waals surface area (Å²) in [5, 5.41) is 39.3. The molecule has 0 saturated heterocycles. The van der Waals surface area contributed by atoms with Crippen molar-refractivity contribution >= 4 is 11.8 Å². The molecule has 2 amide bonds. The molecule has 0 saturated carbocycles. The number of nitrogens with one attached hydrogen (secondary N) is 2. The molecule has 0 aliphatic carbocycles. The molecule has 0 aromatic rings. The van der Waals surface area contributed by atoms with Gasteiger partial charge in [0.1, 0.15) is 0 Å². The van der Waals surface area contributed by atoms with E-state index in [0.717, 1.165) is 0 Å². The quantitative estimate of drug-likeness (QED) is 0.216. The Morgan fingerprint density at radius 2 is 1.28 bits per heavy atom. The topological polar surface area (TPSA) is 165 Å². The molecule has 2 atom stereocenters. The molecular formula is C9H19N3O6. The van der Waals surface area contributed by atoms with Crippen molar-refractivity contribution in [3.63, 3.8) is 0 Å². The second-order valence-corrected chi connectivity index (χ2v) is 3.64. The van der Waals surface area contributed by atoms with Crippen LogP contribution in [0, 0.1) is 0 Å². The Bertz CT molecular complexity index is 249. The highest BCUT2D eigenvalue weighted by atomic mass is 16.3. The normalized spacial score (nSPS) is 15.6. The average Bonchev–Trinajstić information content (AvgIpc) is 2.39. The zero-order valence-electron chi connectivity index (χ0n) is 9.74. The number of carbonyl (C=O) groups excluding carboxylic acids is 2. The third-order valence-electron chi connectivity index (χ3n) is 2.01. The van der Waals surface area contributed by atoms with Crippen molar-refractivity contribution in [3.05, 3.63) is 0 Å². The van der Waals surface area contributed by atoms with Gasteiger partial charge in [-0.15, -0.1) is 0 Å². The van der Waals surface area contributed by atoms with E-state index in [9.17, 15) is 9.59 Å². The Kier molecular flexibility index (Phi) is 8.16. The van der Waals surface area contributed by atoms with Gasteiger partial charge < -0.3 is 36.8 Å². The summed E-state index contributed by atoms with van der Waals surface area (Å²) < 4.78 is 0. The van der Waals surface area contributed by atoms with E-state index in [2.05, 4.69) is 10.6 Å². The zero-order valence-corrected chi connectivity index (χ0v) is 9.74. The predicted octanol–water partition coefficient (Wildman–Crippen LogP) is -4.75. The molecule has 0 aromatic heterocycles. The van der Waals surface area contributed by atoms with Crippen LogP contribution in [-0.2, 0) is 9.59 Å². The summed E-state index contributed by atoms with van der Waals surface area (Å²) in [6.45, 7) is -1.50. The first-order valence-electron chi connectivity index (χ1n) is 5.31. The lowest BCUT2D eigenvalue weighted by Crippen LogP contribution is -2.53. The molecule has 0 fully saturated rings. The van der Waals surface area contributed by atoms with Crippen LogP contribution in [0.5, 0.6) is 0 Å². The Balaban J connectivity index is 4.01. The first-order chi connectivity index (χ1) is 8.42. The van der Waals surface area contributed by atoms with E-state index in [1.54, 1.807) is 0 Å². The summed E-state index contributed by atoms with van der Waals surface area (Å²) in [5.74, 6) is -1.64. The molecule has 0 spiro atoms. The van der Waals surface area contributed by atoms with E-state index in [1.165, 1.54) is 0 Å². The first-order valence-corrected chi connectivity index (χ1v) is 5.31. The van der Waals surface area contributed by atoms with Gasteiger partial charge in [0.05, 0.1) is 25.4 Å². The molecule has 9 heteroatoms. The summed E-state index contributed by atoms with van der Waals surface area (Å²) in [5.41, 5.74) is 5.30. The molecule has 0 aromatic carbocycles. The lowest BCUT2D eigenvalue weighted by molar-refractivity contribution is -0.131. The molecule has 0 aliphatic rings. The van der Waals surface area contributed by atoms with Gasteiger partial charge in [0.25, 0.3) is 0 Å². The van der Waals surface area contributed by atoms with Crippen LogP contribution in [0.15, 0.2) is 0 Å². The number of aliphatic hydroxyl groups is 4. The van der Waals surface area contributed by atoms with E-state index in [4.69, 9.17) is 26.2 Å². The van der Waals surface area contributed by atoms with Gasteiger partial charge in [-0.25, -0.2) is 0 Å². The van der Waals surface area contributed by atoms with Crippen LogP contribution in [0.4, 0.5) is 0 Å². The van der Waals surface area contributed by atoms with Gasteiger partial charge in [0.2, 0.25) is 11.8 Å². The Labute approximate surface area is 104 Å². The van der Waals surface area contributed by atoms with E-state index in [1.807, 2.05) is 0 Å².